The van der Waals surface area contributed by atoms with Crippen molar-refractivity contribution in [3.8, 4) is 11.5 Å². The van der Waals surface area contributed by atoms with E-state index in [1.165, 1.54) is 12.3 Å². The minimum atomic E-state index is -3.37. The highest BCUT2D eigenvalue weighted by Gasteiger charge is 2.28. The Morgan fingerprint density at radius 2 is 1.66 bits per heavy atom. The standard InChI is InChI=1S/C20H17F3N4O2/c1-20(22,23)16-10-13(4-7-17(16)21)27-19(28)26-12-2-5-14(6-3-12)29-15-8-9-25-18(24)11-15/h2-11H,1H3,(H2,24,25)(H2,26,27,28). The van der Waals surface area contributed by atoms with Crippen LogP contribution in [0.5, 0.6) is 11.5 Å². The predicted octanol–water partition coefficient (Wildman–Crippen LogP) is 5.35. The number of amides is 2. The molecule has 9 heteroatoms. The molecule has 0 unspecified atom stereocenters. The first kappa shape index (κ1) is 20.0. The van der Waals surface area contributed by atoms with Crippen molar-refractivity contribution < 1.29 is 22.7 Å². The monoisotopic (exact) mass is 402 g/mol. The van der Waals surface area contributed by atoms with Gasteiger partial charge in [0, 0.05) is 30.6 Å². The number of nitrogens with one attached hydrogen (secondary N) is 2. The third-order valence-electron chi connectivity index (χ3n) is 3.80. The molecule has 150 valence electrons. The number of carbonyl (C=O) groups excluding carboxylic acids is 1. The molecule has 3 rings (SSSR count). The number of anilines is 3. The second kappa shape index (κ2) is 8.09. The van der Waals surface area contributed by atoms with Gasteiger partial charge in [0.05, 0.1) is 5.56 Å². The first-order valence-corrected chi connectivity index (χ1v) is 8.46. The molecule has 0 atom stereocenters. The molecule has 2 amide bonds. The number of benzene rings is 2. The van der Waals surface area contributed by atoms with Gasteiger partial charge in [0.15, 0.2) is 0 Å². The van der Waals surface area contributed by atoms with Crippen LogP contribution in [0.25, 0.3) is 0 Å². The Kier molecular flexibility index (Phi) is 5.58. The smallest absolute Gasteiger partial charge is 0.323 e. The summed E-state index contributed by atoms with van der Waals surface area (Å²) in [6.45, 7) is 0.583. The molecule has 1 heterocycles. The van der Waals surface area contributed by atoms with Gasteiger partial charge >= 0.3 is 6.03 Å². The Bertz CT molecular complexity index is 1020. The molecule has 0 fully saturated rings. The van der Waals surface area contributed by atoms with Gasteiger partial charge in [-0.25, -0.2) is 22.9 Å². The lowest BCUT2D eigenvalue weighted by Gasteiger charge is -2.14. The van der Waals surface area contributed by atoms with Gasteiger partial charge in [-0.2, -0.15) is 0 Å². The van der Waals surface area contributed by atoms with Crippen LogP contribution in [0.1, 0.15) is 12.5 Å². The summed E-state index contributed by atoms with van der Waals surface area (Å²) in [6, 6.07) is 11.9. The van der Waals surface area contributed by atoms with Crippen LogP contribution in [-0.4, -0.2) is 11.0 Å². The fourth-order valence-corrected chi connectivity index (χ4v) is 2.47. The molecule has 1 aromatic heterocycles. The SMILES string of the molecule is CC(F)(F)c1cc(NC(=O)Nc2ccc(Oc3ccnc(N)c3)cc2)ccc1F. The number of alkyl halides is 2. The lowest BCUT2D eigenvalue weighted by Crippen LogP contribution is -2.20. The van der Waals surface area contributed by atoms with E-state index >= 15 is 0 Å². The summed E-state index contributed by atoms with van der Waals surface area (Å²) in [7, 11) is 0. The lowest BCUT2D eigenvalue weighted by molar-refractivity contribution is 0.0138. The Morgan fingerprint density at radius 3 is 2.31 bits per heavy atom. The largest absolute Gasteiger partial charge is 0.457 e. The Labute approximate surface area is 164 Å². The third-order valence-corrected chi connectivity index (χ3v) is 3.80. The molecule has 0 aliphatic heterocycles. The summed E-state index contributed by atoms with van der Waals surface area (Å²) < 4.78 is 46.0. The van der Waals surface area contributed by atoms with Crippen molar-refractivity contribution in [1.82, 2.24) is 4.98 Å². The molecule has 0 saturated heterocycles. The van der Waals surface area contributed by atoms with Crippen LogP contribution in [0.4, 0.5) is 35.2 Å². The topological polar surface area (TPSA) is 89.3 Å². The van der Waals surface area contributed by atoms with E-state index in [1.807, 2.05) is 0 Å². The van der Waals surface area contributed by atoms with E-state index in [1.54, 1.807) is 36.4 Å². The van der Waals surface area contributed by atoms with Gasteiger partial charge in [0.1, 0.15) is 23.1 Å². The van der Waals surface area contributed by atoms with Gasteiger partial charge in [-0.15, -0.1) is 0 Å². The van der Waals surface area contributed by atoms with Crippen LogP contribution in [0, 0.1) is 5.82 Å². The second-order valence-electron chi connectivity index (χ2n) is 6.20. The quantitative estimate of drug-likeness (QED) is 0.537. The third kappa shape index (κ3) is 5.38. The summed E-state index contributed by atoms with van der Waals surface area (Å²) in [4.78, 5) is 16.0. The minimum Gasteiger partial charge on any atom is -0.457 e. The Hall–Kier alpha value is -3.75. The van der Waals surface area contributed by atoms with E-state index in [9.17, 15) is 18.0 Å². The van der Waals surface area contributed by atoms with Crippen LogP contribution in [0.2, 0.25) is 0 Å². The molecule has 0 saturated carbocycles. The zero-order chi connectivity index (χ0) is 21.0. The van der Waals surface area contributed by atoms with Crippen molar-refractivity contribution in [3.63, 3.8) is 0 Å². The van der Waals surface area contributed by atoms with Crippen molar-refractivity contribution >= 4 is 23.2 Å². The zero-order valence-corrected chi connectivity index (χ0v) is 15.2. The van der Waals surface area contributed by atoms with E-state index in [4.69, 9.17) is 10.5 Å². The van der Waals surface area contributed by atoms with Gasteiger partial charge in [-0.3, -0.25) is 0 Å². The van der Waals surface area contributed by atoms with E-state index < -0.39 is 23.3 Å². The number of nitrogen functional groups attached to an aromatic ring is 1. The van der Waals surface area contributed by atoms with Gasteiger partial charge < -0.3 is 21.1 Å². The molecule has 0 radical (unpaired) electrons. The highest BCUT2D eigenvalue weighted by molar-refractivity contribution is 5.99. The molecule has 0 aliphatic rings. The highest BCUT2D eigenvalue weighted by Crippen LogP contribution is 2.31. The first-order valence-electron chi connectivity index (χ1n) is 8.46. The number of hydrogen-bond donors (Lipinski definition) is 3. The molecule has 0 aliphatic carbocycles. The van der Waals surface area contributed by atoms with E-state index in [0.29, 0.717) is 29.9 Å². The summed E-state index contributed by atoms with van der Waals surface area (Å²) in [5.41, 5.74) is 5.27. The number of aromatic nitrogens is 1. The van der Waals surface area contributed by atoms with Gasteiger partial charge in [-0.05, 0) is 48.5 Å². The van der Waals surface area contributed by atoms with Crippen LogP contribution >= 0.6 is 0 Å². The fourth-order valence-electron chi connectivity index (χ4n) is 2.47. The molecule has 2 aromatic carbocycles. The minimum absolute atomic E-state index is 0.0376. The molecular weight excluding hydrogens is 385 g/mol. The predicted molar refractivity (Wildman–Crippen MR) is 104 cm³/mol. The number of urea groups is 1. The fraction of sp³-hybridized carbons (Fsp3) is 0.100. The van der Waals surface area contributed by atoms with Crippen molar-refractivity contribution in [1.29, 1.82) is 0 Å². The number of halogens is 3. The van der Waals surface area contributed by atoms with Crippen molar-refractivity contribution in [2.75, 3.05) is 16.4 Å². The number of hydrogen-bond acceptors (Lipinski definition) is 4. The first-order chi connectivity index (χ1) is 13.7. The van der Waals surface area contributed by atoms with Gasteiger partial charge in [0.2, 0.25) is 0 Å². The summed E-state index contributed by atoms with van der Waals surface area (Å²) >= 11 is 0. The number of nitrogens with two attached hydrogens (primary N) is 1. The molecule has 29 heavy (non-hydrogen) atoms. The van der Waals surface area contributed by atoms with Gasteiger partial charge in [-0.1, -0.05) is 0 Å². The number of ether oxygens (including phenoxy) is 1. The number of rotatable bonds is 5. The molecule has 0 spiro atoms. The van der Waals surface area contributed by atoms with Gasteiger partial charge in [0.25, 0.3) is 5.92 Å². The number of nitrogens with zero attached hydrogens (tertiary/aromatic N) is 1. The Morgan fingerprint density at radius 1 is 1.00 bits per heavy atom. The maximum absolute atomic E-state index is 13.5. The maximum Gasteiger partial charge on any atom is 0.323 e. The molecule has 3 aromatic rings. The number of carbonyl (C=O) groups is 1. The zero-order valence-electron chi connectivity index (χ0n) is 15.2. The summed E-state index contributed by atoms with van der Waals surface area (Å²) in [5, 5.41) is 4.94. The lowest BCUT2D eigenvalue weighted by atomic mass is 10.1. The van der Waals surface area contributed by atoms with Crippen molar-refractivity contribution in [2.45, 2.75) is 12.8 Å². The molecule has 4 N–H and O–H groups in total. The maximum atomic E-state index is 13.5. The van der Waals surface area contributed by atoms with E-state index in [2.05, 4.69) is 15.6 Å². The average molecular weight is 402 g/mol. The van der Waals surface area contributed by atoms with E-state index in [0.717, 1.165) is 12.1 Å². The van der Waals surface area contributed by atoms with Crippen LogP contribution < -0.4 is 21.1 Å². The molecule has 0 bridgehead atoms. The second-order valence-corrected chi connectivity index (χ2v) is 6.20. The summed E-state index contributed by atoms with van der Waals surface area (Å²) in [6.07, 6.45) is 1.51. The molecular formula is C20H17F3N4O2. The van der Waals surface area contributed by atoms with Crippen molar-refractivity contribution in [3.05, 3.63) is 72.2 Å². The Balaban J connectivity index is 1.62. The van der Waals surface area contributed by atoms with Crippen LogP contribution in [0.3, 0.4) is 0 Å². The van der Waals surface area contributed by atoms with Crippen molar-refractivity contribution in [2.24, 2.45) is 0 Å². The normalized spacial score (nSPS) is 11.0. The van der Waals surface area contributed by atoms with E-state index in [-0.39, 0.29) is 5.69 Å². The van der Waals surface area contributed by atoms with Crippen LogP contribution in [-0.2, 0) is 5.92 Å². The average Bonchev–Trinajstić information content (AvgIpc) is 2.64. The number of pyridine rings is 1. The molecule has 6 nitrogen and oxygen atoms in total. The van der Waals surface area contributed by atoms with Crippen LogP contribution in [0.15, 0.2) is 60.8 Å². The summed E-state index contributed by atoms with van der Waals surface area (Å²) in [5.74, 6) is -3.07. The highest BCUT2D eigenvalue weighted by atomic mass is 19.3.